The van der Waals surface area contributed by atoms with E-state index in [1.54, 1.807) is 0 Å². The summed E-state index contributed by atoms with van der Waals surface area (Å²) in [5.74, 6) is 1.03. The molecule has 106 valence electrons. The van der Waals surface area contributed by atoms with Crippen molar-refractivity contribution in [3.8, 4) is 0 Å². The minimum Gasteiger partial charge on any atom is -0.336 e. The van der Waals surface area contributed by atoms with Crippen LogP contribution in [0.15, 0.2) is 73.1 Å². The van der Waals surface area contributed by atoms with Crippen LogP contribution in [0.5, 0.6) is 0 Å². The predicted molar refractivity (Wildman–Crippen MR) is 84.8 cm³/mol. The molecule has 3 heteroatoms. The van der Waals surface area contributed by atoms with E-state index in [1.807, 2.05) is 31.6 Å². The second kappa shape index (κ2) is 6.37. The van der Waals surface area contributed by atoms with Crippen LogP contribution in [0.1, 0.15) is 23.0 Å². The first kappa shape index (κ1) is 13.6. The van der Waals surface area contributed by atoms with Gasteiger partial charge in [-0.1, -0.05) is 60.7 Å². The summed E-state index contributed by atoms with van der Waals surface area (Å²) in [6.07, 6.45) is 3.82. The summed E-state index contributed by atoms with van der Waals surface area (Å²) in [6.45, 7) is 0.813. The highest BCUT2D eigenvalue weighted by atomic mass is 15.1. The lowest BCUT2D eigenvalue weighted by atomic mass is 10.1. The molecule has 1 heterocycles. The SMILES string of the molecule is Cn1ccnc1C(NCc1ccccc1)c1ccccc1. The molecular formula is C18H19N3. The maximum absolute atomic E-state index is 4.51. The van der Waals surface area contributed by atoms with Crippen LogP contribution in [-0.4, -0.2) is 9.55 Å². The average molecular weight is 277 g/mol. The monoisotopic (exact) mass is 277 g/mol. The predicted octanol–water partition coefficient (Wildman–Crippen LogP) is 3.30. The quantitative estimate of drug-likeness (QED) is 0.775. The van der Waals surface area contributed by atoms with Gasteiger partial charge in [0.2, 0.25) is 0 Å². The molecule has 21 heavy (non-hydrogen) atoms. The second-order valence-corrected chi connectivity index (χ2v) is 5.11. The van der Waals surface area contributed by atoms with Crippen molar-refractivity contribution in [3.63, 3.8) is 0 Å². The zero-order valence-corrected chi connectivity index (χ0v) is 12.1. The first-order valence-electron chi connectivity index (χ1n) is 7.14. The molecule has 0 aliphatic rings. The molecular weight excluding hydrogens is 258 g/mol. The molecule has 1 N–H and O–H groups in total. The van der Waals surface area contributed by atoms with Crippen LogP contribution in [0.2, 0.25) is 0 Å². The van der Waals surface area contributed by atoms with Gasteiger partial charge >= 0.3 is 0 Å². The van der Waals surface area contributed by atoms with E-state index >= 15 is 0 Å². The van der Waals surface area contributed by atoms with E-state index in [2.05, 4.69) is 63.4 Å². The Hall–Kier alpha value is -2.39. The third-order valence-electron chi connectivity index (χ3n) is 3.60. The van der Waals surface area contributed by atoms with Crippen LogP contribution in [0.3, 0.4) is 0 Å². The van der Waals surface area contributed by atoms with Crippen molar-refractivity contribution in [2.45, 2.75) is 12.6 Å². The normalized spacial score (nSPS) is 12.2. The second-order valence-electron chi connectivity index (χ2n) is 5.11. The number of aromatic nitrogens is 2. The molecule has 0 radical (unpaired) electrons. The van der Waals surface area contributed by atoms with E-state index in [-0.39, 0.29) is 6.04 Å². The number of nitrogens with zero attached hydrogens (tertiary/aromatic N) is 2. The summed E-state index contributed by atoms with van der Waals surface area (Å²) in [7, 11) is 2.03. The fraction of sp³-hybridized carbons (Fsp3) is 0.167. The molecule has 3 aromatic rings. The van der Waals surface area contributed by atoms with Gasteiger partial charge in [-0.3, -0.25) is 5.32 Å². The molecule has 0 bridgehead atoms. The Morgan fingerprint density at radius 3 is 2.29 bits per heavy atom. The first-order valence-corrected chi connectivity index (χ1v) is 7.14. The van der Waals surface area contributed by atoms with E-state index in [9.17, 15) is 0 Å². The minimum atomic E-state index is 0.0893. The molecule has 0 aliphatic carbocycles. The van der Waals surface area contributed by atoms with Crippen molar-refractivity contribution in [1.82, 2.24) is 14.9 Å². The number of hydrogen-bond donors (Lipinski definition) is 1. The lowest BCUT2D eigenvalue weighted by molar-refractivity contribution is 0.558. The van der Waals surface area contributed by atoms with Gasteiger partial charge in [-0.2, -0.15) is 0 Å². The molecule has 0 saturated heterocycles. The maximum Gasteiger partial charge on any atom is 0.130 e. The number of rotatable bonds is 5. The van der Waals surface area contributed by atoms with Gasteiger partial charge in [-0.05, 0) is 11.1 Å². The standard InChI is InChI=1S/C18H19N3/c1-21-13-12-19-18(21)17(16-10-6-3-7-11-16)20-14-15-8-4-2-5-9-15/h2-13,17,20H,14H2,1H3. The zero-order valence-electron chi connectivity index (χ0n) is 12.1. The van der Waals surface area contributed by atoms with Gasteiger partial charge in [0.15, 0.2) is 0 Å². The number of hydrogen-bond acceptors (Lipinski definition) is 2. The summed E-state index contributed by atoms with van der Waals surface area (Å²) in [6, 6.07) is 21.0. The van der Waals surface area contributed by atoms with Crippen LogP contribution in [-0.2, 0) is 13.6 Å². The minimum absolute atomic E-state index is 0.0893. The van der Waals surface area contributed by atoms with Crippen molar-refractivity contribution in [2.24, 2.45) is 7.05 Å². The van der Waals surface area contributed by atoms with Gasteiger partial charge in [0.05, 0.1) is 6.04 Å². The van der Waals surface area contributed by atoms with E-state index in [0.29, 0.717) is 0 Å². The van der Waals surface area contributed by atoms with Crippen molar-refractivity contribution in [2.75, 3.05) is 0 Å². The zero-order chi connectivity index (χ0) is 14.5. The Bertz CT molecular complexity index is 674. The van der Waals surface area contributed by atoms with Crippen molar-refractivity contribution in [1.29, 1.82) is 0 Å². The summed E-state index contributed by atoms with van der Waals surface area (Å²) >= 11 is 0. The Balaban J connectivity index is 1.85. The van der Waals surface area contributed by atoms with Crippen molar-refractivity contribution >= 4 is 0 Å². The number of nitrogens with one attached hydrogen (secondary N) is 1. The van der Waals surface area contributed by atoms with Gasteiger partial charge in [-0.25, -0.2) is 4.98 Å². The van der Waals surface area contributed by atoms with Crippen LogP contribution in [0.4, 0.5) is 0 Å². The topological polar surface area (TPSA) is 29.9 Å². The smallest absolute Gasteiger partial charge is 0.130 e. The summed E-state index contributed by atoms with van der Waals surface area (Å²) < 4.78 is 2.07. The number of aryl methyl sites for hydroxylation is 1. The Labute approximate surface area is 125 Å². The van der Waals surface area contributed by atoms with Gasteiger partial charge in [0, 0.05) is 26.0 Å². The molecule has 0 saturated carbocycles. The molecule has 3 nitrogen and oxygen atoms in total. The highest BCUT2D eigenvalue weighted by Gasteiger charge is 2.17. The van der Waals surface area contributed by atoms with E-state index in [0.717, 1.165) is 12.4 Å². The molecule has 1 unspecified atom stereocenters. The molecule has 0 spiro atoms. The maximum atomic E-state index is 4.51. The summed E-state index contributed by atoms with van der Waals surface area (Å²) in [5, 5.41) is 3.61. The molecule has 2 aromatic carbocycles. The van der Waals surface area contributed by atoms with Crippen molar-refractivity contribution < 1.29 is 0 Å². The Morgan fingerprint density at radius 2 is 1.67 bits per heavy atom. The highest BCUT2D eigenvalue weighted by molar-refractivity contribution is 5.26. The number of imidazole rings is 1. The third kappa shape index (κ3) is 3.20. The van der Waals surface area contributed by atoms with E-state index < -0.39 is 0 Å². The van der Waals surface area contributed by atoms with E-state index in [4.69, 9.17) is 0 Å². The van der Waals surface area contributed by atoms with Crippen LogP contribution < -0.4 is 5.32 Å². The van der Waals surface area contributed by atoms with Gasteiger partial charge in [0.1, 0.15) is 5.82 Å². The largest absolute Gasteiger partial charge is 0.336 e. The summed E-state index contributed by atoms with van der Waals surface area (Å²) in [5.41, 5.74) is 2.50. The van der Waals surface area contributed by atoms with Crippen LogP contribution in [0, 0.1) is 0 Å². The molecule has 1 aromatic heterocycles. The van der Waals surface area contributed by atoms with Gasteiger partial charge < -0.3 is 4.57 Å². The molecule has 3 rings (SSSR count). The van der Waals surface area contributed by atoms with Gasteiger partial charge in [0.25, 0.3) is 0 Å². The Morgan fingerprint density at radius 1 is 1.00 bits per heavy atom. The van der Waals surface area contributed by atoms with E-state index in [1.165, 1.54) is 11.1 Å². The van der Waals surface area contributed by atoms with Gasteiger partial charge in [-0.15, -0.1) is 0 Å². The fourth-order valence-corrected chi connectivity index (χ4v) is 2.47. The van der Waals surface area contributed by atoms with Crippen molar-refractivity contribution in [3.05, 3.63) is 90.0 Å². The molecule has 0 fully saturated rings. The Kier molecular flexibility index (Phi) is 4.12. The molecule has 0 amide bonds. The number of benzene rings is 2. The molecule has 0 aliphatic heterocycles. The highest BCUT2D eigenvalue weighted by Crippen LogP contribution is 2.20. The fourth-order valence-electron chi connectivity index (χ4n) is 2.47. The van der Waals surface area contributed by atoms with Crippen LogP contribution in [0.25, 0.3) is 0 Å². The van der Waals surface area contributed by atoms with Crippen LogP contribution >= 0.6 is 0 Å². The first-order chi connectivity index (χ1) is 10.3. The lowest BCUT2D eigenvalue weighted by Crippen LogP contribution is -2.24. The lowest BCUT2D eigenvalue weighted by Gasteiger charge is -2.19. The molecule has 1 atom stereocenters. The summed E-state index contributed by atoms with van der Waals surface area (Å²) in [4.78, 5) is 4.51. The average Bonchev–Trinajstić information content (AvgIpc) is 2.96. The third-order valence-corrected chi connectivity index (χ3v) is 3.60.